The van der Waals surface area contributed by atoms with Crippen LogP contribution in [0.25, 0.3) is 0 Å². The monoisotopic (exact) mass is 498 g/mol. The summed E-state index contributed by atoms with van der Waals surface area (Å²) in [7, 11) is 1.72. The van der Waals surface area contributed by atoms with Gasteiger partial charge in [-0.15, -0.1) is 0 Å². The fourth-order valence-corrected chi connectivity index (χ4v) is 5.63. The van der Waals surface area contributed by atoms with Crippen LogP contribution in [0.5, 0.6) is 11.5 Å². The van der Waals surface area contributed by atoms with E-state index >= 15 is 0 Å². The first kappa shape index (κ1) is 25.3. The molecule has 5 heteroatoms. The fourth-order valence-electron chi connectivity index (χ4n) is 5.63. The molecular weight excluding hydrogens is 460 g/mol. The van der Waals surface area contributed by atoms with Gasteiger partial charge in [0, 0.05) is 12.1 Å². The van der Waals surface area contributed by atoms with E-state index in [0.717, 1.165) is 35.5 Å². The molecule has 0 spiro atoms. The van der Waals surface area contributed by atoms with Gasteiger partial charge in [-0.25, -0.2) is 0 Å². The van der Waals surface area contributed by atoms with Gasteiger partial charge in [0.25, 0.3) is 0 Å². The number of carbonyl (C=O) groups excluding carboxylic acids is 1. The van der Waals surface area contributed by atoms with E-state index in [9.17, 15) is 4.79 Å². The van der Waals surface area contributed by atoms with Gasteiger partial charge in [0.15, 0.2) is 0 Å². The minimum absolute atomic E-state index is 0.0474. The Bertz CT molecular complexity index is 1230. The highest BCUT2D eigenvalue weighted by atomic mass is 16.5. The van der Waals surface area contributed by atoms with Crippen LogP contribution in [0.2, 0.25) is 0 Å². The first-order chi connectivity index (χ1) is 17.8. The summed E-state index contributed by atoms with van der Waals surface area (Å²) in [6, 6.07) is 24.9. The molecular formula is C32H38N2O3. The molecule has 3 aromatic rings. The van der Waals surface area contributed by atoms with Crippen molar-refractivity contribution >= 4 is 5.91 Å². The van der Waals surface area contributed by atoms with Crippen molar-refractivity contribution in [3.63, 3.8) is 0 Å². The molecule has 2 heterocycles. The summed E-state index contributed by atoms with van der Waals surface area (Å²) in [4.78, 5) is 16.2. The quantitative estimate of drug-likeness (QED) is 0.451. The zero-order valence-corrected chi connectivity index (χ0v) is 22.4. The van der Waals surface area contributed by atoms with Crippen molar-refractivity contribution in [1.82, 2.24) is 10.2 Å². The van der Waals surface area contributed by atoms with E-state index < -0.39 is 0 Å². The van der Waals surface area contributed by atoms with Crippen molar-refractivity contribution in [2.45, 2.75) is 64.2 Å². The van der Waals surface area contributed by atoms with Crippen LogP contribution in [0.15, 0.2) is 72.8 Å². The largest absolute Gasteiger partial charge is 0.496 e. The molecule has 3 unspecified atom stereocenters. The summed E-state index contributed by atoms with van der Waals surface area (Å²) in [5.41, 5.74) is 4.72. The Morgan fingerprint density at radius 3 is 2.54 bits per heavy atom. The minimum atomic E-state index is -0.192. The lowest BCUT2D eigenvalue weighted by Crippen LogP contribution is -2.49. The Labute approximate surface area is 220 Å². The number of hydrogen-bond acceptors (Lipinski definition) is 4. The van der Waals surface area contributed by atoms with Gasteiger partial charge in [-0.05, 0) is 53.5 Å². The first-order valence-electron chi connectivity index (χ1n) is 13.3. The zero-order valence-electron chi connectivity index (χ0n) is 22.4. The van der Waals surface area contributed by atoms with Crippen LogP contribution < -0.4 is 14.8 Å². The molecule has 2 aliphatic rings. The number of para-hydroxylation sites is 1. The van der Waals surface area contributed by atoms with E-state index in [-0.39, 0.29) is 29.4 Å². The van der Waals surface area contributed by atoms with Crippen LogP contribution in [0, 0.1) is 5.92 Å². The third-order valence-corrected chi connectivity index (χ3v) is 7.73. The maximum atomic E-state index is 14.1. The van der Waals surface area contributed by atoms with Gasteiger partial charge in [0.05, 0.1) is 25.2 Å². The van der Waals surface area contributed by atoms with Crippen molar-refractivity contribution in [2.24, 2.45) is 5.92 Å². The Balaban J connectivity index is 1.39. The second-order valence-corrected chi connectivity index (χ2v) is 11.2. The number of benzene rings is 3. The van der Waals surface area contributed by atoms with Crippen LogP contribution in [0.1, 0.15) is 61.9 Å². The van der Waals surface area contributed by atoms with E-state index in [1.165, 1.54) is 11.1 Å². The van der Waals surface area contributed by atoms with Gasteiger partial charge in [-0.1, -0.05) is 81.4 Å². The third kappa shape index (κ3) is 5.37. The molecule has 3 atom stereocenters. The van der Waals surface area contributed by atoms with Gasteiger partial charge in [-0.2, -0.15) is 0 Å². The standard InChI is InChI=1S/C32H38N2O3/c1-32(2,3)26-14-16-28(36-4)24(19-26)20-33-30-17-15-27(22-10-6-5-7-11-22)34(30)31(35)25-18-23-12-8-9-13-29(23)37-21-25/h5-14,16,19,25,27,30,33H,15,17-18,20-21H2,1-4H3. The summed E-state index contributed by atoms with van der Waals surface area (Å²) in [6.45, 7) is 7.71. The number of carbonyl (C=O) groups is 1. The molecule has 1 fully saturated rings. The average Bonchev–Trinajstić information content (AvgIpc) is 3.35. The minimum Gasteiger partial charge on any atom is -0.496 e. The predicted molar refractivity (Wildman–Crippen MR) is 147 cm³/mol. The Morgan fingerprint density at radius 1 is 1.03 bits per heavy atom. The molecule has 1 amide bonds. The molecule has 0 saturated carbocycles. The molecule has 37 heavy (non-hydrogen) atoms. The van der Waals surface area contributed by atoms with E-state index in [1.807, 2.05) is 24.3 Å². The number of methoxy groups -OCH3 is 1. The number of nitrogens with one attached hydrogen (secondary N) is 1. The van der Waals surface area contributed by atoms with Crippen LogP contribution in [0.3, 0.4) is 0 Å². The van der Waals surface area contributed by atoms with Gasteiger partial charge in [0.2, 0.25) is 5.91 Å². The lowest BCUT2D eigenvalue weighted by atomic mass is 9.86. The maximum absolute atomic E-state index is 14.1. The smallest absolute Gasteiger partial charge is 0.231 e. The molecule has 3 aromatic carbocycles. The van der Waals surface area contributed by atoms with Gasteiger partial charge in [0.1, 0.15) is 18.1 Å². The lowest BCUT2D eigenvalue weighted by Gasteiger charge is -2.36. The van der Waals surface area contributed by atoms with Crippen LogP contribution in [-0.2, 0) is 23.2 Å². The average molecular weight is 499 g/mol. The van der Waals surface area contributed by atoms with Crippen LogP contribution in [0.4, 0.5) is 0 Å². The number of ether oxygens (including phenoxy) is 2. The van der Waals surface area contributed by atoms with Gasteiger partial charge < -0.3 is 14.4 Å². The predicted octanol–water partition coefficient (Wildman–Crippen LogP) is 6.02. The second-order valence-electron chi connectivity index (χ2n) is 11.2. The number of nitrogens with zero attached hydrogens (tertiary/aromatic N) is 1. The number of hydrogen-bond donors (Lipinski definition) is 1. The molecule has 1 saturated heterocycles. The Kier molecular flexibility index (Phi) is 7.25. The maximum Gasteiger partial charge on any atom is 0.231 e. The molecule has 5 rings (SSSR count). The van der Waals surface area contributed by atoms with Crippen LogP contribution >= 0.6 is 0 Å². The molecule has 0 radical (unpaired) electrons. The summed E-state index contributed by atoms with van der Waals surface area (Å²) in [6.07, 6.45) is 2.48. The van der Waals surface area contributed by atoms with Gasteiger partial charge >= 0.3 is 0 Å². The molecule has 194 valence electrons. The van der Waals surface area contributed by atoms with Crippen molar-refractivity contribution in [3.05, 3.63) is 95.1 Å². The van der Waals surface area contributed by atoms with Crippen molar-refractivity contribution in [1.29, 1.82) is 0 Å². The van der Waals surface area contributed by atoms with Crippen molar-refractivity contribution in [2.75, 3.05) is 13.7 Å². The lowest BCUT2D eigenvalue weighted by molar-refractivity contribution is -0.140. The van der Waals surface area contributed by atoms with Crippen LogP contribution in [-0.4, -0.2) is 30.7 Å². The highest BCUT2D eigenvalue weighted by molar-refractivity contribution is 5.81. The van der Waals surface area contributed by atoms with Gasteiger partial charge in [-0.3, -0.25) is 10.1 Å². The number of rotatable bonds is 6. The van der Waals surface area contributed by atoms with E-state index in [2.05, 4.69) is 79.5 Å². The Morgan fingerprint density at radius 2 is 1.78 bits per heavy atom. The summed E-state index contributed by atoms with van der Waals surface area (Å²) in [5, 5.41) is 3.72. The van der Waals surface area contributed by atoms with Crippen molar-refractivity contribution < 1.29 is 14.3 Å². The topological polar surface area (TPSA) is 50.8 Å². The number of fused-ring (bicyclic) bond motifs is 1. The summed E-state index contributed by atoms with van der Waals surface area (Å²) >= 11 is 0. The molecule has 1 N–H and O–H groups in total. The molecule has 0 aliphatic carbocycles. The highest BCUT2D eigenvalue weighted by Crippen LogP contribution is 2.38. The highest BCUT2D eigenvalue weighted by Gasteiger charge is 2.41. The molecule has 5 nitrogen and oxygen atoms in total. The fraction of sp³-hybridized carbons (Fsp3) is 0.406. The molecule has 0 aromatic heterocycles. The molecule has 0 bridgehead atoms. The Hall–Kier alpha value is -3.31. The number of likely N-dealkylation sites (tertiary alicyclic amines) is 1. The number of amides is 1. The normalized spacial score (nSPS) is 21.3. The summed E-state index contributed by atoms with van der Waals surface area (Å²) in [5.74, 6) is 1.73. The summed E-state index contributed by atoms with van der Waals surface area (Å²) < 4.78 is 11.7. The molecule has 2 aliphatic heterocycles. The second kappa shape index (κ2) is 10.6. The zero-order chi connectivity index (χ0) is 26.0. The third-order valence-electron chi connectivity index (χ3n) is 7.73. The van der Waals surface area contributed by atoms with Crippen molar-refractivity contribution in [3.8, 4) is 11.5 Å². The van der Waals surface area contributed by atoms with E-state index in [4.69, 9.17) is 9.47 Å². The SMILES string of the molecule is COc1ccc(C(C)(C)C)cc1CNC1CCC(c2ccccc2)N1C(=O)C1COc2ccccc2C1. The van der Waals surface area contributed by atoms with E-state index in [0.29, 0.717) is 19.6 Å². The van der Waals surface area contributed by atoms with E-state index in [1.54, 1.807) is 7.11 Å². The first-order valence-corrected chi connectivity index (χ1v) is 13.3.